The maximum atomic E-state index is 12.8. The first-order valence-electron chi connectivity index (χ1n) is 8.91. The first kappa shape index (κ1) is 17.7. The minimum atomic E-state index is -0.462. The van der Waals surface area contributed by atoms with Gasteiger partial charge in [0.2, 0.25) is 5.91 Å². The summed E-state index contributed by atoms with van der Waals surface area (Å²) in [5, 5.41) is 2.82. The van der Waals surface area contributed by atoms with Crippen molar-refractivity contribution >= 4 is 17.6 Å². The monoisotopic (exact) mass is 346 g/mol. The van der Waals surface area contributed by atoms with Crippen LogP contribution in [0.5, 0.6) is 0 Å². The maximum absolute atomic E-state index is 12.8. The molecule has 7 heteroatoms. The Balaban J connectivity index is 1.73. The maximum Gasteiger partial charge on any atom is 0.256 e. The largest absolute Gasteiger partial charge is 0.372 e. The highest BCUT2D eigenvalue weighted by molar-refractivity contribution is 5.97. The number of anilines is 1. The standard InChI is InChI=1S/C18H26N4O3/c1-12-10-21(11-13(2)25-12)16-6-5-15(9-20-16)18(24)22-8-4-7-19-17(23)14(22)3/h5-6,9,12-14H,4,7-8,10-11H2,1-3H3,(H,19,23)/t12-,13+,14-/m0/s1. The number of rotatable bonds is 2. The number of morpholine rings is 1. The van der Waals surface area contributed by atoms with Crippen molar-refractivity contribution in [2.24, 2.45) is 0 Å². The van der Waals surface area contributed by atoms with Crippen LogP contribution in [-0.4, -0.2) is 66.1 Å². The van der Waals surface area contributed by atoms with Crippen molar-refractivity contribution in [2.75, 3.05) is 31.1 Å². The van der Waals surface area contributed by atoms with E-state index in [9.17, 15) is 9.59 Å². The smallest absolute Gasteiger partial charge is 0.256 e. The van der Waals surface area contributed by atoms with Crippen molar-refractivity contribution in [3.8, 4) is 0 Å². The van der Waals surface area contributed by atoms with Crippen LogP contribution in [0.1, 0.15) is 37.6 Å². The molecule has 0 aromatic carbocycles. The Kier molecular flexibility index (Phi) is 5.22. The summed E-state index contributed by atoms with van der Waals surface area (Å²) in [7, 11) is 0. The van der Waals surface area contributed by atoms with Crippen molar-refractivity contribution < 1.29 is 14.3 Å². The van der Waals surface area contributed by atoms with Crippen LogP contribution in [0.15, 0.2) is 18.3 Å². The average molecular weight is 346 g/mol. The first-order chi connectivity index (χ1) is 12.0. The van der Waals surface area contributed by atoms with E-state index < -0.39 is 6.04 Å². The number of carbonyl (C=O) groups is 2. The summed E-state index contributed by atoms with van der Waals surface area (Å²) in [5.74, 6) is 0.597. The molecule has 3 atom stereocenters. The van der Waals surface area contributed by atoms with E-state index in [0.717, 1.165) is 25.3 Å². The number of aromatic nitrogens is 1. The molecule has 1 N–H and O–H groups in total. The van der Waals surface area contributed by atoms with Gasteiger partial charge in [-0.1, -0.05) is 0 Å². The third-order valence-corrected chi connectivity index (χ3v) is 4.72. The van der Waals surface area contributed by atoms with Crippen LogP contribution in [-0.2, 0) is 9.53 Å². The van der Waals surface area contributed by atoms with Gasteiger partial charge in [-0.3, -0.25) is 9.59 Å². The molecule has 3 heterocycles. The summed E-state index contributed by atoms with van der Waals surface area (Å²) >= 11 is 0. The van der Waals surface area contributed by atoms with E-state index in [-0.39, 0.29) is 24.0 Å². The molecule has 2 amide bonds. The summed E-state index contributed by atoms with van der Waals surface area (Å²) in [6.07, 6.45) is 2.68. The Morgan fingerprint density at radius 1 is 1.24 bits per heavy atom. The Labute approximate surface area is 148 Å². The number of nitrogens with one attached hydrogen (secondary N) is 1. The molecule has 2 saturated heterocycles. The summed E-state index contributed by atoms with van der Waals surface area (Å²) < 4.78 is 5.74. The number of pyridine rings is 1. The van der Waals surface area contributed by atoms with E-state index in [1.807, 2.05) is 19.9 Å². The lowest BCUT2D eigenvalue weighted by Gasteiger charge is -2.36. The topological polar surface area (TPSA) is 74.8 Å². The number of hydrogen-bond acceptors (Lipinski definition) is 5. The molecule has 0 spiro atoms. The lowest BCUT2D eigenvalue weighted by molar-refractivity contribution is -0.124. The van der Waals surface area contributed by atoms with E-state index >= 15 is 0 Å². The fourth-order valence-electron chi connectivity index (χ4n) is 3.45. The van der Waals surface area contributed by atoms with Crippen LogP contribution < -0.4 is 10.2 Å². The number of hydrogen-bond donors (Lipinski definition) is 1. The molecule has 2 aliphatic heterocycles. The van der Waals surface area contributed by atoms with Gasteiger partial charge in [-0.15, -0.1) is 0 Å². The van der Waals surface area contributed by atoms with Gasteiger partial charge in [-0.2, -0.15) is 0 Å². The first-order valence-corrected chi connectivity index (χ1v) is 8.91. The number of amides is 2. The molecular formula is C18H26N4O3. The predicted octanol–water partition coefficient (Wildman–Crippen LogP) is 1.05. The third-order valence-electron chi connectivity index (χ3n) is 4.72. The van der Waals surface area contributed by atoms with Gasteiger partial charge in [-0.25, -0.2) is 4.98 Å². The van der Waals surface area contributed by atoms with Gasteiger partial charge in [0.05, 0.1) is 17.8 Å². The summed E-state index contributed by atoms with van der Waals surface area (Å²) in [4.78, 5) is 33.0. The number of carbonyl (C=O) groups excluding carboxylic acids is 2. The molecule has 2 fully saturated rings. The second kappa shape index (κ2) is 7.39. The normalized spacial score (nSPS) is 27.6. The fraction of sp³-hybridized carbons (Fsp3) is 0.611. The number of nitrogens with zero attached hydrogens (tertiary/aromatic N) is 3. The molecule has 3 rings (SSSR count). The molecule has 0 unspecified atom stereocenters. The van der Waals surface area contributed by atoms with Crippen molar-refractivity contribution in [1.29, 1.82) is 0 Å². The third kappa shape index (κ3) is 3.92. The van der Waals surface area contributed by atoms with Gasteiger partial charge >= 0.3 is 0 Å². The van der Waals surface area contributed by atoms with Gasteiger partial charge in [0.25, 0.3) is 5.91 Å². The molecule has 2 aliphatic rings. The molecule has 0 bridgehead atoms. The van der Waals surface area contributed by atoms with E-state index in [1.54, 1.807) is 24.1 Å². The minimum Gasteiger partial charge on any atom is -0.372 e. The van der Waals surface area contributed by atoms with Crippen LogP contribution in [0.3, 0.4) is 0 Å². The van der Waals surface area contributed by atoms with Crippen molar-refractivity contribution in [1.82, 2.24) is 15.2 Å². The van der Waals surface area contributed by atoms with Crippen LogP contribution in [0.25, 0.3) is 0 Å². The molecule has 0 saturated carbocycles. The molecule has 7 nitrogen and oxygen atoms in total. The molecule has 1 aromatic heterocycles. The van der Waals surface area contributed by atoms with E-state index in [4.69, 9.17) is 4.74 Å². The Hall–Kier alpha value is -2.15. The van der Waals surface area contributed by atoms with Crippen LogP contribution in [0.4, 0.5) is 5.82 Å². The van der Waals surface area contributed by atoms with Gasteiger partial charge < -0.3 is 19.9 Å². The van der Waals surface area contributed by atoms with Gasteiger partial charge in [-0.05, 0) is 39.3 Å². The Morgan fingerprint density at radius 2 is 1.96 bits per heavy atom. The van der Waals surface area contributed by atoms with E-state index in [2.05, 4.69) is 15.2 Å². The highest BCUT2D eigenvalue weighted by Gasteiger charge is 2.29. The zero-order valence-corrected chi connectivity index (χ0v) is 15.1. The van der Waals surface area contributed by atoms with Crippen molar-refractivity contribution in [2.45, 2.75) is 45.4 Å². The summed E-state index contributed by atoms with van der Waals surface area (Å²) in [5.41, 5.74) is 0.514. The van der Waals surface area contributed by atoms with E-state index in [0.29, 0.717) is 18.7 Å². The molecule has 136 valence electrons. The minimum absolute atomic E-state index is 0.105. The Morgan fingerprint density at radius 3 is 2.60 bits per heavy atom. The van der Waals surface area contributed by atoms with Gasteiger partial charge in [0.1, 0.15) is 11.9 Å². The lowest BCUT2D eigenvalue weighted by Crippen LogP contribution is -2.46. The molecule has 1 aromatic rings. The molecule has 0 radical (unpaired) electrons. The molecular weight excluding hydrogens is 320 g/mol. The summed E-state index contributed by atoms with van der Waals surface area (Å²) in [6, 6.07) is 3.21. The molecule has 25 heavy (non-hydrogen) atoms. The quantitative estimate of drug-likeness (QED) is 0.866. The van der Waals surface area contributed by atoms with Crippen molar-refractivity contribution in [3.63, 3.8) is 0 Å². The summed E-state index contributed by atoms with van der Waals surface area (Å²) in [6.45, 7) is 8.61. The van der Waals surface area contributed by atoms with Crippen LogP contribution >= 0.6 is 0 Å². The van der Waals surface area contributed by atoms with Crippen molar-refractivity contribution in [3.05, 3.63) is 23.9 Å². The highest BCUT2D eigenvalue weighted by Crippen LogP contribution is 2.19. The highest BCUT2D eigenvalue weighted by atomic mass is 16.5. The predicted molar refractivity (Wildman–Crippen MR) is 94.6 cm³/mol. The molecule has 0 aliphatic carbocycles. The van der Waals surface area contributed by atoms with E-state index in [1.165, 1.54) is 0 Å². The van der Waals surface area contributed by atoms with Gasteiger partial charge in [0.15, 0.2) is 0 Å². The van der Waals surface area contributed by atoms with Gasteiger partial charge in [0, 0.05) is 32.4 Å². The zero-order valence-electron chi connectivity index (χ0n) is 15.1. The van der Waals surface area contributed by atoms with Crippen LogP contribution in [0, 0.1) is 0 Å². The zero-order chi connectivity index (χ0) is 18.0. The Bertz CT molecular complexity index is 624. The second-order valence-corrected chi connectivity index (χ2v) is 6.89. The lowest BCUT2D eigenvalue weighted by atomic mass is 10.2. The number of ether oxygens (including phenoxy) is 1. The average Bonchev–Trinajstić information content (AvgIpc) is 2.75. The van der Waals surface area contributed by atoms with Crippen LogP contribution in [0.2, 0.25) is 0 Å². The SMILES string of the molecule is C[C@@H]1CN(c2ccc(C(=O)N3CCCNC(=O)[C@@H]3C)cn2)C[C@H](C)O1. The fourth-order valence-corrected chi connectivity index (χ4v) is 3.45. The second-order valence-electron chi connectivity index (χ2n) is 6.89.